The molecule has 1 rings (SSSR count). The van der Waals surface area contributed by atoms with E-state index < -0.39 is 17.8 Å². The first kappa shape index (κ1) is 12.1. The lowest BCUT2D eigenvalue weighted by atomic mass is 10.2. The summed E-state index contributed by atoms with van der Waals surface area (Å²) in [7, 11) is 0. The van der Waals surface area contributed by atoms with Crippen LogP contribution in [0.3, 0.4) is 0 Å². The van der Waals surface area contributed by atoms with E-state index in [0.717, 1.165) is 0 Å². The minimum atomic E-state index is -1.14. The van der Waals surface area contributed by atoms with Crippen molar-refractivity contribution in [3.05, 3.63) is 23.8 Å². The smallest absolute Gasteiger partial charge is 0.315 e. The van der Waals surface area contributed by atoms with E-state index >= 15 is 0 Å². The van der Waals surface area contributed by atoms with E-state index in [1.54, 1.807) is 19.2 Å². The van der Waals surface area contributed by atoms with Gasteiger partial charge in [-0.25, -0.2) is 9.97 Å². The maximum absolute atomic E-state index is 11.3. The number of nitrogens with zero attached hydrogens (tertiary/aromatic N) is 2. The van der Waals surface area contributed by atoms with Gasteiger partial charge < -0.3 is 10.4 Å². The maximum Gasteiger partial charge on any atom is 0.315 e. The predicted octanol–water partition coefficient (Wildman–Crippen LogP) is 0.122. The van der Waals surface area contributed by atoms with Crippen molar-refractivity contribution in [1.29, 1.82) is 0 Å². The number of amides is 1. The van der Waals surface area contributed by atoms with Gasteiger partial charge in [-0.15, -0.1) is 0 Å². The third kappa shape index (κ3) is 3.30. The minimum absolute atomic E-state index is 0.208. The molecule has 6 heteroatoms. The van der Waals surface area contributed by atoms with E-state index in [1.165, 1.54) is 6.92 Å². The van der Waals surface area contributed by atoms with Gasteiger partial charge in [-0.2, -0.15) is 0 Å². The molecular formula is C10H13N3O3. The van der Waals surface area contributed by atoms with Crippen molar-refractivity contribution >= 4 is 11.9 Å². The summed E-state index contributed by atoms with van der Waals surface area (Å²) in [6.45, 7) is 3.29. The fourth-order valence-corrected chi connectivity index (χ4v) is 1.05. The maximum atomic E-state index is 11.3. The molecule has 16 heavy (non-hydrogen) atoms. The molecule has 2 N–H and O–H groups in total. The highest BCUT2D eigenvalue weighted by molar-refractivity contribution is 5.96. The summed E-state index contributed by atoms with van der Waals surface area (Å²) in [5, 5.41) is 11.1. The van der Waals surface area contributed by atoms with Crippen LogP contribution in [-0.2, 0) is 16.1 Å². The van der Waals surface area contributed by atoms with Crippen molar-refractivity contribution in [3.63, 3.8) is 0 Å². The number of aromatic nitrogens is 2. The van der Waals surface area contributed by atoms with Crippen molar-refractivity contribution in [1.82, 2.24) is 15.3 Å². The van der Waals surface area contributed by atoms with Gasteiger partial charge in [0.1, 0.15) is 11.7 Å². The van der Waals surface area contributed by atoms with Gasteiger partial charge in [0.05, 0.1) is 12.2 Å². The zero-order chi connectivity index (χ0) is 12.1. The molecule has 0 aliphatic rings. The third-order valence-electron chi connectivity index (χ3n) is 2.04. The number of aryl methyl sites for hydroxylation is 1. The first-order valence-corrected chi connectivity index (χ1v) is 4.79. The molecule has 1 amide bonds. The summed E-state index contributed by atoms with van der Waals surface area (Å²) < 4.78 is 0. The van der Waals surface area contributed by atoms with E-state index in [2.05, 4.69) is 15.3 Å². The number of carboxylic acid groups (broad SMARTS) is 1. The van der Waals surface area contributed by atoms with Crippen LogP contribution < -0.4 is 5.32 Å². The molecule has 0 bridgehead atoms. The van der Waals surface area contributed by atoms with E-state index in [9.17, 15) is 9.59 Å². The van der Waals surface area contributed by atoms with Crippen LogP contribution >= 0.6 is 0 Å². The topological polar surface area (TPSA) is 92.2 Å². The van der Waals surface area contributed by atoms with Gasteiger partial charge in [0.25, 0.3) is 0 Å². The largest absolute Gasteiger partial charge is 0.481 e. The van der Waals surface area contributed by atoms with Crippen LogP contribution in [0, 0.1) is 12.8 Å². The molecule has 1 aromatic heterocycles. The zero-order valence-corrected chi connectivity index (χ0v) is 9.10. The van der Waals surface area contributed by atoms with Crippen LogP contribution in [-0.4, -0.2) is 27.0 Å². The van der Waals surface area contributed by atoms with E-state index in [4.69, 9.17) is 5.11 Å². The van der Waals surface area contributed by atoms with Crippen LogP contribution in [0.4, 0.5) is 0 Å². The van der Waals surface area contributed by atoms with Crippen LogP contribution in [0.5, 0.6) is 0 Å². The molecule has 6 nitrogen and oxygen atoms in total. The second-order valence-corrected chi connectivity index (χ2v) is 3.37. The Morgan fingerprint density at radius 1 is 1.56 bits per heavy atom. The average molecular weight is 223 g/mol. The first-order chi connectivity index (χ1) is 7.50. The Hall–Kier alpha value is -1.98. The van der Waals surface area contributed by atoms with Crippen molar-refractivity contribution in [2.45, 2.75) is 20.4 Å². The quantitative estimate of drug-likeness (QED) is 0.707. The number of hydrogen-bond acceptors (Lipinski definition) is 4. The van der Waals surface area contributed by atoms with Crippen LogP contribution in [0.15, 0.2) is 12.3 Å². The number of rotatable bonds is 4. The minimum Gasteiger partial charge on any atom is -0.481 e. The molecule has 0 saturated heterocycles. The Labute approximate surface area is 92.7 Å². The molecule has 86 valence electrons. The van der Waals surface area contributed by atoms with Crippen LogP contribution in [0.2, 0.25) is 0 Å². The van der Waals surface area contributed by atoms with E-state index in [1.807, 2.05) is 0 Å². The van der Waals surface area contributed by atoms with E-state index in [-0.39, 0.29) is 6.54 Å². The van der Waals surface area contributed by atoms with Crippen molar-refractivity contribution in [2.75, 3.05) is 0 Å². The van der Waals surface area contributed by atoms with Gasteiger partial charge >= 0.3 is 5.97 Å². The molecule has 0 fully saturated rings. The number of carbonyl (C=O) groups is 2. The van der Waals surface area contributed by atoms with Crippen molar-refractivity contribution in [2.24, 2.45) is 5.92 Å². The Kier molecular flexibility index (Phi) is 3.93. The number of carboxylic acids is 1. The Bertz CT molecular complexity index is 406. The summed E-state index contributed by atoms with van der Waals surface area (Å²) >= 11 is 0. The Morgan fingerprint density at radius 3 is 2.81 bits per heavy atom. The molecule has 1 heterocycles. The second kappa shape index (κ2) is 5.20. The Morgan fingerprint density at radius 2 is 2.25 bits per heavy atom. The normalized spacial score (nSPS) is 11.9. The monoisotopic (exact) mass is 223 g/mol. The molecule has 1 aromatic rings. The predicted molar refractivity (Wildman–Crippen MR) is 55.4 cm³/mol. The number of aliphatic carboxylic acids is 1. The number of nitrogens with one attached hydrogen (secondary N) is 1. The molecular weight excluding hydrogens is 210 g/mol. The van der Waals surface area contributed by atoms with Crippen LogP contribution in [0.25, 0.3) is 0 Å². The van der Waals surface area contributed by atoms with Gasteiger partial charge in [-0.05, 0) is 19.9 Å². The van der Waals surface area contributed by atoms with Gasteiger partial charge in [-0.3, -0.25) is 9.59 Å². The summed E-state index contributed by atoms with van der Waals surface area (Å²) in [5.41, 5.74) is 0.651. The fourth-order valence-electron chi connectivity index (χ4n) is 1.05. The second-order valence-electron chi connectivity index (χ2n) is 3.37. The van der Waals surface area contributed by atoms with Gasteiger partial charge in [0.2, 0.25) is 5.91 Å². The summed E-state index contributed by atoms with van der Waals surface area (Å²) in [6, 6.07) is 1.67. The standard InChI is InChI=1S/C10H13N3O3/c1-6(10(15)16)9(14)12-5-8-3-4-11-7(2)13-8/h3-4,6H,5H2,1-2H3,(H,12,14)(H,15,16). The molecule has 0 spiro atoms. The number of carbonyl (C=O) groups excluding carboxylic acids is 1. The SMILES string of the molecule is Cc1nccc(CNC(=O)C(C)C(=O)O)n1. The number of hydrogen-bond donors (Lipinski definition) is 2. The molecule has 0 aliphatic heterocycles. The summed E-state index contributed by atoms with van der Waals surface area (Å²) in [5.74, 6) is -2.11. The molecule has 1 unspecified atom stereocenters. The van der Waals surface area contributed by atoms with Crippen molar-refractivity contribution in [3.8, 4) is 0 Å². The molecule has 1 atom stereocenters. The lowest BCUT2D eigenvalue weighted by Gasteiger charge is -2.07. The lowest BCUT2D eigenvalue weighted by molar-refractivity contribution is -0.146. The molecule has 0 aromatic carbocycles. The van der Waals surface area contributed by atoms with Crippen LogP contribution in [0.1, 0.15) is 18.4 Å². The lowest BCUT2D eigenvalue weighted by Crippen LogP contribution is -2.33. The highest BCUT2D eigenvalue weighted by Crippen LogP contribution is 1.97. The van der Waals surface area contributed by atoms with Gasteiger partial charge in [-0.1, -0.05) is 0 Å². The molecule has 0 radical (unpaired) electrons. The first-order valence-electron chi connectivity index (χ1n) is 4.79. The average Bonchev–Trinajstić information content (AvgIpc) is 2.24. The molecule has 0 saturated carbocycles. The van der Waals surface area contributed by atoms with Gasteiger partial charge in [0.15, 0.2) is 0 Å². The Balaban J connectivity index is 2.52. The summed E-state index contributed by atoms with van der Waals surface area (Å²) in [6.07, 6.45) is 1.59. The van der Waals surface area contributed by atoms with E-state index in [0.29, 0.717) is 11.5 Å². The van der Waals surface area contributed by atoms with Gasteiger partial charge in [0, 0.05) is 6.20 Å². The summed E-state index contributed by atoms with van der Waals surface area (Å²) in [4.78, 5) is 29.8. The fraction of sp³-hybridized carbons (Fsp3) is 0.400. The highest BCUT2D eigenvalue weighted by atomic mass is 16.4. The highest BCUT2D eigenvalue weighted by Gasteiger charge is 2.19. The third-order valence-corrected chi connectivity index (χ3v) is 2.04. The molecule has 0 aliphatic carbocycles. The zero-order valence-electron chi connectivity index (χ0n) is 9.10. The van der Waals surface area contributed by atoms with Crippen molar-refractivity contribution < 1.29 is 14.7 Å².